The number of allylic oxidation sites excluding steroid dienone is 2. The lowest BCUT2D eigenvalue weighted by molar-refractivity contribution is 0.0526. The fourth-order valence-electron chi connectivity index (χ4n) is 1.99. The standard InChI is InChI=1S/C17H24O2/c1-4-7-9-14(8-5-2)15-10-12-16(13-11-15)17(18)19-6-3/h9-13H,4-8H2,1-3H3/b14-9+. The number of benzene rings is 1. The van der Waals surface area contributed by atoms with E-state index in [2.05, 4.69) is 19.9 Å². The minimum absolute atomic E-state index is 0.247. The molecule has 1 rings (SSSR count). The Hall–Kier alpha value is -1.57. The first-order valence-electron chi connectivity index (χ1n) is 7.19. The van der Waals surface area contributed by atoms with E-state index in [1.807, 2.05) is 31.2 Å². The van der Waals surface area contributed by atoms with Gasteiger partial charge in [-0.2, -0.15) is 0 Å². The average molecular weight is 260 g/mol. The lowest BCUT2D eigenvalue weighted by Crippen LogP contribution is -2.04. The van der Waals surface area contributed by atoms with Crippen molar-refractivity contribution in [3.8, 4) is 0 Å². The summed E-state index contributed by atoms with van der Waals surface area (Å²) in [5.41, 5.74) is 3.21. The van der Waals surface area contributed by atoms with Crippen LogP contribution in [0.4, 0.5) is 0 Å². The number of carbonyl (C=O) groups excluding carboxylic acids is 1. The highest BCUT2D eigenvalue weighted by Crippen LogP contribution is 2.21. The molecule has 0 aliphatic rings. The molecule has 0 fully saturated rings. The zero-order valence-electron chi connectivity index (χ0n) is 12.2. The minimum Gasteiger partial charge on any atom is -0.462 e. The van der Waals surface area contributed by atoms with Crippen LogP contribution in [0.25, 0.3) is 5.57 Å². The van der Waals surface area contributed by atoms with E-state index in [-0.39, 0.29) is 5.97 Å². The normalized spacial score (nSPS) is 11.4. The first-order valence-corrected chi connectivity index (χ1v) is 7.19. The van der Waals surface area contributed by atoms with E-state index < -0.39 is 0 Å². The molecule has 1 aromatic rings. The Morgan fingerprint density at radius 1 is 1.05 bits per heavy atom. The molecule has 0 aromatic heterocycles. The average Bonchev–Trinajstić information content (AvgIpc) is 2.44. The summed E-state index contributed by atoms with van der Waals surface area (Å²) in [6.07, 6.45) is 6.79. The summed E-state index contributed by atoms with van der Waals surface area (Å²) < 4.78 is 4.99. The predicted octanol–water partition coefficient (Wildman–Crippen LogP) is 4.85. The van der Waals surface area contributed by atoms with Crippen molar-refractivity contribution in [2.45, 2.75) is 46.5 Å². The molecule has 1 aromatic carbocycles. The minimum atomic E-state index is -0.247. The summed E-state index contributed by atoms with van der Waals surface area (Å²) in [6, 6.07) is 7.73. The second-order valence-electron chi connectivity index (χ2n) is 4.57. The highest BCUT2D eigenvalue weighted by molar-refractivity contribution is 5.89. The van der Waals surface area contributed by atoms with Gasteiger partial charge in [0.05, 0.1) is 12.2 Å². The molecule has 0 radical (unpaired) electrons. The Morgan fingerprint density at radius 2 is 1.68 bits per heavy atom. The van der Waals surface area contributed by atoms with Crippen LogP contribution in [0.1, 0.15) is 62.4 Å². The van der Waals surface area contributed by atoms with Gasteiger partial charge in [0.1, 0.15) is 0 Å². The predicted molar refractivity (Wildman–Crippen MR) is 80.2 cm³/mol. The number of hydrogen-bond donors (Lipinski definition) is 0. The van der Waals surface area contributed by atoms with Gasteiger partial charge in [0.15, 0.2) is 0 Å². The smallest absolute Gasteiger partial charge is 0.338 e. The summed E-state index contributed by atoms with van der Waals surface area (Å²) in [6.45, 7) is 6.61. The van der Waals surface area contributed by atoms with Crippen molar-refractivity contribution < 1.29 is 9.53 Å². The largest absolute Gasteiger partial charge is 0.462 e. The van der Waals surface area contributed by atoms with Gasteiger partial charge >= 0.3 is 5.97 Å². The maximum atomic E-state index is 11.6. The first-order chi connectivity index (χ1) is 9.22. The van der Waals surface area contributed by atoms with Gasteiger partial charge in [0, 0.05) is 0 Å². The number of carbonyl (C=O) groups is 1. The Labute approximate surface area is 116 Å². The number of ether oxygens (including phenoxy) is 1. The Kier molecular flexibility index (Phi) is 6.94. The summed E-state index contributed by atoms with van der Waals surface area (Å²) in [5.74, 6) is -0.247. The Morgan fingerprint density at radius 3 is 2.21 bits per heavy atom. The summed E-state index contributed by atoms with van der Waals surface area (Å²) in [7, 11) is 0. The van der Waals surface area contributed by atoms with Gasteiger partial charge in [-0.15, -0.1) is 0 Å². The highest BCUT2D eigenvalue weighted by Gasteiger charge is 2.07. The highest BCUT2D eigenvalue weighted by atomic mass is 16.5. The van der Waals surface area contributed by atoms with Gasteiger partial charge in [-0.05, 0) is 43.0 Å². The topological polar surface area (TPSA) is 26.3 Å². The first kappa shape index (κ1) is 15.5. The molecule has 0 spiro atoms. The molecule has 0 N–H and O–H groups in total. The molecule has 19 heavy (non-hydrogen) atoms. The van der Waals surface area contributed by atoms with Crippen molar-refractivity contribution in [3.63, 3.8) is 0 Å². The van der Waals surface area contributed by atoms with Crippen molar-refractivity contribution in [2.75, 3.05) is 6.61 Å². The molecule has 0 saturated carbocycles. The molecule has 0 atom stereocenters. The molecular formula is C17H24O2. The van der Waals surface area contributed by atoms with Crippen molar-refractivity contribution in [1.29, 1.82) is 0 Å². The molecule has 0 bridgehead atoms. The molecule has 0 aliphatic heterocycles. The van der Waals surface area contributed by atoms with Crippen LogP contribution in [0.3, 0.4) is 0 Å². The zero-order valence-corrected chi connectivity index (χ0v) is 12.2. The third-order valence-electron chi connectivity index (χ3n) is 2.97. The summed E-state index contributed by atoms with van der Waals surface area (Å²) in [4.78, 5) is 11.6. The van der Waals surface area contributed by atoms with E-state index >= 15 is 0 Å². The molecule has 0 heterocycles. The van der Waals surface area contributed by atoms with Crippen molar-refractivity contribution in [3.05, 3.63) is 41.5 Å². The number of rotatable bonds is 7. The van der Waals surface area contributed by atoms with E-state index in [0.29, 0.717) is 12.2 Å². The van der Waals surface area contributed by atoms with E-state index in [9.17, 15) is 4.79 Å². The van der Waals surface area contributed by atoms with Crippen LogP contribution in [0.5, 0.6) is 0 Å². The van der Waals surface area contributed by atoms with Gasteiger partial charge in [0.25, 0.3) is 0 Å². The van der Waals surface area contributed by atoms with Crippen LogP contribution >= 0.6 is 0 Å². The number of esters is 1. The van der Waals surface area contributed by atoms with E-state index in [4.69, 9.17) is 4.74 Å². The third-order valence-corrected chi connectivity index (χ3v) is 2.97. The summed E-state index contributed by atoms with van der Waals surface area (Å²) in [5, 5.41) is 0. The van der Waals surface area contributed by atoms with E-state index in [0.717, 1.165) is 25.7 Å². The lowest BCUT2D eigenvalue weighted by Gasteiger charge is -2.08. The second kappa shape index (κ2) is 8.52. The van der Waals surface area contributed by atoms with Crippen LogP contribution in [0, 0.1) is 0 Å². The van der Waals surface area contributed by atoms with E-state index in [1.165, 1.54) is 11.1 Å². The van der Waals surface area contributed by atoms with Gasteiger partial charge in [-0.25, -0.2) is 4.79 Å². The van der Waals surface area contributed by atoms with Gasteiger partial charge in [-0.3, -0.25) is 0 Å². The van der Waals surface area contributed by atoms with Crippen molar-refractivity contribution in [2.24, 2.45) is 0 Å². The molecule has 0 aliphatic carbocycles. The van der Waals surface area contributed by atoms with Crippen molar-refractivity contribution in [1.82, 2.24) is 0 Å². The zero-order chi connectivity index (χ0) is 14.1. The SMILES string of the molecule is CCC/C=C(\CCC)c1ccc(C(=O)OCC)cc1. The van der Waals surface area contributed by atoms with Crippen LogP contribution in [0.2, 0.25) is 0 Å². The number of hydrogen-bond acceptors (Lipinski definition) is 2. The molecule has 2 nitrogen and oxygen atoms in total. The molecular weight excluding hydrogens is 236 g/mol. The van der Waals surface area contributed by atoms with Crippen LogP contribution < -0.4 is 0 Å². The molecule has 2 heteroatoms. The van der Waals surface area contributed by atoms with Gasteiger partial charge < -0.3 is 4.74 Å². The van der Waals surface area contributed by atoms with Crippen LogP contribution in [-0.2, 0) is 4.74 Å². The molecule has 0 unspecified atom stereocenters. The van der Waals surface area contributed by atoms with Crippen molar-refractivity contribution >= 4 is 11.5 Å². The molecule has 104 valence electrons. The number of unbranched alkanes of at least 4 members (excludes halogenated alkanes) is 1. The Balaban J connectivity index is 2.85. The monoisotopic (exact) mass is 260 g/mol. The maximum absolute atomic E-state index is 11.6. The summed E-state index contributed by atoms with van der Waals surface area (Å²) >= 11 is 0. The van der Waals surface area contributed by atoms with E-state index in [1.54, 1.807) is 0 Å². The fourth-order valence-corrected chi connectivity index (χ4v) is 1.99. The fraction of sp³-hybridized carbons (Fsp3) is 0.471. The van der Waals surface area contributed by atoms with Crippen LogP contribution in [0.15, 0.2) is 30.3 Å². The lowest BCUT2D eigenvalue weighted by atomic mass is 9.99. The Bertz CT molecular complexity index is 415. The molecule has 0 amide bonds. The quantitative estimate of drug-likeness (QED) is 0.655. The second-order valence-corrected chi connectivity index (χ2v) is 4.57. The molecule has 0 saturated heterocycles. The van der Waals surface area contributed by atoms with Gasteiger partial charge in [0.2, 0.25) is 0 Å². The maximum Gasteiger partial charge on any atom is 0.338 e. The van der Waals surface area contributed by atoms with Gasteiger partial charge in [-0.1, -0.05) is 44.9 Å². The third kappa shape index (κ3) is 4.90. The van der Waals surface area contributed by atoms with Crippen LogP contribution in [-0.4, -0.2) is 12.6 Å².